The molecule has 0 aliphatic heterocycles. The molecular weight excluding hydrogens is 280 g/mol. The second-order valence-corrected chi connectivity index (χ2v) is 4.80. The minimum atomic E-state index is -0.624. The van der Waals surface area contributed by atoms with Crippen LogP contribution in [0.5, 0.6) is 0 Å². The number of ketones is 1. The molecule has 0 spiro atoms. The summed E-state index contributed by atoms with van der Waals surface area (Å²) in [5.74, 6) is -0.848. The van der Waals surface area contributed by atoms with E-state index in [0.717, 1.165) is 17.0 Å². The van der Waals surface area contributed by atoms with Crippen molar-refractivity contribution in [2.75, 3.05) is 12.4 Å². The average molecular weight is 292 g/mol. The Morgan fingerprint density at radius 1 is 1.45 bits per heavy atom. The Hall–Kier alpha value is -2.35. The number of hydrogen-bond donors (Lipinski definition) is 1. The Morgan fingerprint density at radius 3 is 2.85 bits per heavy atom. The van der Waals surface area contributed by atoms with Crippen LogP contribution < -0.4 is 5.32 Å². The fraction of sp³-hybridized carbons (Fsp3) is 0.250. The maximum absolute atomic E-state index is 11.5. The lowest BCUT2D eigenvalue weighted by atomic mass is 10.3. The molecule has 2 aromatic heterocycles. The lowest BCUT2D eigenvalue weighted by molar-refractivity contribution is 0.0591. The van der Waals surface area contributed by atoms with E-state index in [-0.39, 0.29) is 16.4 Å². The smallest absolute Gasteiger partial charge is 0.358 e. The van der Waals surface area contributed by atoms with Crippen molar-refractivity contribution in [2.45, 2.75) is 13.5 Å². The van der Waals surface area contributed by atoms with Gasteiger partial charge in [0.1, 0.15) is 11.2 Å². The highest BCUT2D eigenvalue weighted by Gasteiger charge is 2.21. The summed E-state index contributed by atoms with van der Waals surface area (Å²) in [6, 6.07) is 1.76. The van der Waals surface area contributed by atoms with Gasteiger partial charge in [0.05, 0.1) is 19.3 Å². The predicted molar refractivity (Wildman–Crippen MR) is 72.8 cm³/mol. The Morgan fingerprint density at radius 2 is 2.25 bits per heavy atom. The SMILES string of the molecule is COC(=O)c1nc(NCc2ccncn2)sc1C(C)=O. The molecule has 0 saturated heterocycles. The van der Waals surface area contributed by atoms with Crippen molar-refractivity contribution < 1.29 is 14.3 Å². The van der Waals surface area contributed by atoms with Crippen LogP contribution in [0.3, 0.4) is 0 Å². The standard InChI is InChI=1S/C12H12N4O3S/c1-7(17)10-9(11(18)19-2)16-12(20-10)14-5-8-3-4-13-6-15-8/h3-4,6H,5H2,1-2H3,(H,14,16). The summed E-state index contributed by atoms with van der Waals surface area (Å²) in [4.78, 5) is 35.3. The number of anilines is 1. The molecule has 7 nitrogen and oxygen atoms in total. The molecule has 0 aromatic carbocycles. The van der Waals surface area contributed by atoms with E-state index in [9.17, 15) is 9.59 Å². The Labute approximate surface area is 119 Å². The summed E-state index contributed by atoms with van der Waals surface area (Å²) in [6.45, 7) is 1.81. The summed E-state index contributed by atoms with van der Waals surface area (Å²) in [5, 5.41) is 3.48. The number of nitrogens with one attached hydrogen (secondary N) is 1. The first-order valence-corrected chi connectivity index (χ1v) is 6.52. The summed E-state index contributed by atoms with van der Waals surface area (Å²) in [6.07, 6.45) is 3.08. The van der Waals surface area contributed by atoms with Crippen LogP contribution in [0.15, 0.2) is 18.6 Å². The Balaban J connectivity index is 2.17. The van der Waals surface area contributed by atoms with E-state index in [0.29, 0.717) is 11.7 Å². The van der Waals surface area contributed by atoms with E-state index in [1.807, 2.05) is 0 Å². The number of aromatic nitrogens is 3. The Bertz CT molecular complexity index is 627. The summed E-state index contributed by atoms with van der Waals surface area (Å²) in [5.41, 5.74) is 0.814. The lowest BCUT2D eigenvalue weighted by Crippen LogP contribution is -2.07. The lowest BCUT2D eigenvalue weighted by Gasteiger charge is -2.00. The highest BCUT2D eigenvalue weighted by Crippen LogP contribution is 2.24. The molecule has 0 bridgehead atoms. The molecule has 0 saturated carbocycles. The molecule has 0 aliphatic rings. The van der Waals surface area contributed by atoms with Crippen molar-refractivity contribution in [3.8, 4) is 0 Å². The highest BCUT2D eigenvalue weighted by atomic mass is 32.1. The number of ether oxygens (including phenoxy) is 1. The van der Waals surface area contributed by atoms with Crippen LogP contribution in [0.2, 0.25) is 0 Å². The molecule has 2 aromatic rings. The third-order valence-corrected chi connectivity index (χ3v) is 3.50. The zero-order valence-electron chi connectivity index (χ0n) is 10.9. The zero-order chi connectivity index (χ0) is 14.5. The van der Waals surface area contributed by atoms with E-state index in [1.54, 1.807) is 12.3 Å². The van der Waals surface area contributed by atoms with Gasteiger partial charge in [0.2, 0.25) is 0 Å². The van der Waals surface area contributed by atoms with E-state index < -0.39 is 5.97 Å². The van der Waals surface area contributed by atoms with Crippen molar-refractivity contribution in [3.05, 3.63) is 34.9 Å². The molecule has 2 rings (SSSR count). The molecule has 2 heterocycles. The molecule has 20 heavy (non-hydrogen) atoms. The monoisotopic (exact) mass is 292 g/mol. The van der Waals surface area contributed by atoms with Gasteiger partial charge in [-0.05, 0) is 6.07 Å². The molecule has 0 atom stereocenters. The summed E-state index contributed by atoms with van der Waals surface area (Å²) >= 11 is 1.11. The predicted octanol–water partition coefficient (Wildman–Crippen LogP) is 1.53. The average Bonchev–Trinajstić information content (AvgIpc) is 2.90. The molecule has 0 amide bonds. The van der Waals surface area contributed by atoms with E-state index in [1.165, 1.54) is 20.4 Å². The fourth-order valence-corrected chi connectivity index (χ4v) is 2.30. The third kappa shape index (κ3) is 3.15. The maximum atomic E-state index is 11.5. The Kier molecular flexibility index (Phi) is 4.36. The van der Waals surface area contributed by atoms with Crippen LogP contribution in [0.1, 0.15) is 32.8 Å². The van der Waals surface area contributed by atoms with Gasteiger partial charge >= 0.3 is 5.97 Å². The number of rotatable bonds is 5. The summed E-state index contributed by atoms with van der Waals surface area (Å²) in [7, 11) is 1.25. The normalized spacial score (nSPS) is 10.1. The van der Waals surface area contributed by atoms with E-state index in [4.69, 9.17) is 0 Å². The van der Waals surface area contributed by atoms with Crippen LogP contribution in [-0.4, -0.2) is 33.8 Å². The number of carbonyl (C=O) groups excluding carboxylic acids is 2. The van der Waals surface area contributed by atoms with Crippen molar-refractivity contribution in [1.29, 1.82) is 0 Å². The van der Waals surface area contributed by atoms with Crippen LogP contribution >= 0.6 is 11.3 Å². The van der Waals surface area contributed by atoms with Gasteiger partial charge in [0.15, 0.2) is 16.6 Å². The van der Waals surface area contributed by atoms with Crippen LogP contribution in [0.4, 0.5) is 5.13 Å². The molecule has 0 radical (unpaired) electrons. The molecule has 0 aliphatic carbocycles. The third-order valence-electron chi connectivity index (χ3n) is 2.39. The first kappa shape index (κ1) is 14.1. The zero-order valence-corrected chi connectivity index (χ0v) is 11.7. The van der Waals surface area contributed by atoms with Crippen molar-refractivity contribution in [1.82, 2.24) is 15.0 Å². The van der Waals surface area contributed by atoms with Gasteiger partial charge in [-0.1, -0.05) is 11.3 Å². The second kappa shape index (κ2) is 6.20. The summed E-state index contributed by atoms with van der Waals surface area (Å²) < 4.78 is 4.61. The van der Waals surface area contributed by atoms with Gasteiger partial charge < -0.3 is 10.1 Å². The van der Waals surface area contributed by atoms with Crippen molar-refractivity contribution >= 4 is 28.2 Å². The van der Waals surface area contributed by atoms with Gasteiger partial charge in [-0.3, -0.25) is 4.79 Å². The maximum Gasteiger partial charge on any atom is 0.358 e. The van der Waals surface area contributed by atoms with Crippen LogP contribution in [0, 0.1) is 0 Å². The minimum absolute atomic E-state index is 0.0372. The molecule has 0 unspecified atom stereocenters. The first-order valence-electron chi connectivity index (χ1n) is 5.70. The van der Waals surface area contributed by atoms with Gasteiger partial charge in [-0.2, -0.15) is 0 Å². The number of carbonyl (C=O) groups is 2. The first-order chi connectivity index (χ1) is 9.61. The second-order valence-electron chi connectivity index (χ2n) is 3.80. The molecule has 104 valence electrons. The minimum Gasteiger partial charge on any atom is -0.464 e. The van der Waals surface area contributed by atoms with Gasteiger partial charge in [0.25, 0.3) is 0 Å². The van der Waals surface area contributed by atoms with Crippen molar-refractivity contribution in [2.24, 2.45) is 0 Å². The van der Waals surface area contributed by atoms with Crippen LogP contribution in [0.25, 0.3) is 0 Å². The largest absolute Gasteiger partial charge is 0.464 e. The number of nitrogens with zero attached hydrogens (tertiary/aromatic N) is 3. The van der Waals surface area contributed by atoms with E-state index >= 15 is 0 Å². The van der Waals surface area contributed by atoms with Crippen LogP contribution in [-0.2, 0) is 11.3 Å². The van der Waals surface area contributed by atoms with Gasteiger partial charge in [-0.25, -0.2) is 19.7 Å². The molecular formula is C12H12N4O3S. The number of hydrogen-bond acceptors (Lipinski definition) is 8. The quantitative estimate of drug-likeness (QED) is 0.659. The topological polar surface area (TPSA) is 94.1 Å². The number of methoxy groups -OCH3 is 1. The number of Topliss-reactive ketones (excluding diaryl/α,β-unsaturated/α-hetero) is 1. The highest BCUT2D eigenvalue weighted by molar-refractivity contribution is 7.17. The van der Waals surface area contributed by atoms with Gasteiger partial charge in [-0.15, -0.1) is 0 Å². The molecule has 0 fully saturated rings. The van der Waals surface area contributed by atoms with Gasteiger partial charge in [0, 0.05) is 13.1 Å². The number of thiazole rings is 1. The van der Waals surface area contributed by atoms with E-state index in [2.05, 4.69) is 25.0 Å². The number of esters is 1. The fourth-order valence-electron chi connectivity index (χ4n) is 1.46. The molecule has 1 N–H and O–H groups in total. The van der Waals surface area contributed by atoms with Crippen molar-refractivity contribution in [3.63, 3.8) is 0 Å². The molecule has 8 heteroatoms.